The molecule has 0 saturated carbocycles. The number of carbonyl (C=O) groups is 4. The molecule has 0 aromatic rings. The molecular formula is C39H69NO11. The van der Waals surface area contributed by atoms with Crippen LogP contribution >= 0.6 is 0 Å². The van der Waals surface area contributed by atoms with E-state index in [0.717, 1.165) is 44.9 Å². The first-order chi connectivity index (χ1) is 23.8. The Kier molecular flexibility index (Phi) is 21.8. The van der Waals surface area contributed by atoms with Gasteiger partial charge in [0.1, 0.15) is 29.0 Å². The summed E-state index contributed by atoms with van der Waals surface area (Å²) in [6, 6.07) is 0. The molecule has 296 valence electrons. The zero-order chi connectivity index (χ0) is 38.5. The highest BCUT2D eigenvalue weighted by molar-refractivity contribution is 5.93. The molecule has 0 fully saturated rings. The van der Waals surface area contributed by atoms with Gasteiger partial charge in [-0.2, -0.15) is 0 Å². The third-order valence-corrected chi connectivity index (χ3v) is 7.52. The third kappa shape index (κ3) is 24.4. The van der Waals surface area contributed by atoms with Crippen LogP contribution in [-0.4, -0.2) is 97.0 Å². The summed E-state index contributed by atoms with van der Waals surface area (Å²) in [5.74, 6) is -1.50. The number of esters is 3. The van der Waals surface area contributed by atoms with Crippen molar-refractivity contribution in [3.8, 4) is 0 Å². The summed E-state index contributed by atoms with van der Waals surface area (Å²) in [6.07, 6.45) is 9.21. The van der Waals surface area contributed by atoms with Gasteiger partial charge in [0.2, 0.25) is 5.91 Å². The van der Waals surface area contributed by atoms with E-state index in [1.807, 2.05) is 0 Å². The van der Waals surface area contributed by atoms with E-state index in [1.165, 1.54) is 12.8 Å². The van der Waals surface area contributed by atoms with E-state index in [2.05, 4.69) is 5.32 Å². The van der Waals surface area contributed by atoms with Crippen LogP contribution in [0.25, 0.3) is 0 Å². The molecule has 0 spiro atoms. The number of hydrogen-bond donors (Lipinski definition) is 2. The van der Waals surface area contributed by atoms with Crippen LogP contribution in [0.15, 0.2) is 11.6 Å². The monoisotopic (exact) mass is 727 g/mol. The van der Waals surface area contributed by atoms with Crippen molar-refractivity contribution in [2.75, 3.05) is 33.0 Å². The summed E-state index contributed by atoms with van der Waals surface area (Å²) >= 11 is 0. The molecule has 1 aliphatic carbocycles. The van der Waals surface area contributed by atoms with E-state index in [9.17, 15) is 19.2 Å². The van der Waals surface area contributed by atoms with Gasteiger partial charge in [-0.15, -0.1) is 0 Å². The van der Waals surface area contributed by atoms with Crippen LogP contribution in [0.3, 0.4) is 0 Å². The van der Waals surface area contributed by atoms with Crippen LogP contribution in [0.4, 0.5) is 0 Å². The van der Waals surface area contributed by atoms with Crippen LogP contribution in [0.2, 0.25) is 0 Å². The number of unbranched alkanes of at least 4 members (excludes halogenated alkanes) is 8. The van der Waals surface area contributed by atoms with Gasteiger partial charge in [-0.05, 0) is 81.2 Å². The number of amides is 1. The predicted molar refractivity (Wildman–Crippen MR) is 195 cm³/mol. The fourth-order valence-electron chi connectivity index (χ4n) is 5.39. The number of rotatable bonds is 24. The topological polar surface area (TPSA) is 156 Å². The zero-order valence-electron chi connectivity index (χ0n) is 33.1. The smallest absolute Gasteiger partial charge is 0.308 e. The third-order valence-electron chi connectivity index (χ3n) is 7.52. The standard InChI is InChI=1S/C39H69NO11/c1-37(2,3)49-32(42)19-24-46-30-27-29(36(45)40-22-17-15-13-11-10-12-14-16-18-23-41)28-31(47-25-20-33(43)50-38(4,5)6)35(30)48-26-21-34(44)51-39(7,8)9/h27,30-31,35,41H,10-26,28H2,1-9H3,(H,40,45)/t30-,31-,35-/m1/s1. The fraction of sp³-hybridized carbons (Fsp3) is 0.846. The molecule has 12 heteroatoms. The Morgan fingerprint density at radius 3 is 1.49 bits per heavy atom. The maximum Gasteiger partial charge on any atom is 0.308 e. The van der Waals surface area contributed by atoms with Crippen LogP contribution in [0, 0.1) is 0 Å². The molecule has 51 heavy (non-hydrogen) atoms. The molecule has 2 N–H and O–H groups in total. The summed E-state index contributed by atoms with van der Waals surface area (Å²) in [7, 11) is 0. The number of aliphatic hydroxyl groups is 1. The molecule has 0 bridgehead atoms. The highest BCUT2D eigenvalue weighted by atomic mass is 16.6. The molecule has 0 radical (unpaired) electrons. The Balaban J connectivity index is 3.00. The van der Waals surface area contributed by atoms with Crippen molar-refractivity contribution < 1.29 is 52.7 Å². The molecule has 0 heterocycles. The Morgan fingerprint density at radius 1 is 0.627 bits per heavy atom. The Bertz CT molecular complexity index is 1070. The summed E-state index contributed by atoms with van der Waals surface area (Å²) in [5, 5.41) is 11.9. The van der Waals surface area contributed by atoms with E-state index in [0.29, 0.717) is 12.1 Å². The molecule has 1 aliphatic rings. The van der Waals surface area contributed by atoms with E-state index in [4.69, 9.17) is 33.5 Å². The van der Waals surface area contributed by atoms with Gasteiger partial charge in [0.05, 0.1) is 45.2 Å². The summed E-state index contributed by atoms with van der Waals surface area (Å²) < 4.78 is 34.8. The van der Waals surface area contributed by atoms with Gasteiger partial charge in [0.15, 0.2) is 0 Å². The molecule has 1 amide bonds. The van der Waals surface area contributed by atoms with Crippen molar-refractivity contribution in [3.63, 3.8) is 0 Å². The van der Waals surface area contributed by atoms with E-state index >= 15 is 0 Å². The van der Waals surface area contributed by atoms with Crippen LogP contribution in [-0.2, 0) is 47.6 Å². The minimum atomic E-state index is -0.788. The average Bonchev–Trinajstić information content (AvgIpc) is 2.98. The summed E-state index contributed by atoms with van der Waals surface area (Å²) in [4.78, 5) is 50.7. The van der Waals surface area contributed by atoms with Gasteiger partial charge < -0.3 is 38.8 Å². The molecule has 0 aliphatic heterocycles. The highest BCUT2D eigenvalue weighted by Gasteiger charge is 2.38. The SMILES string of the molecule is CC(C)(C)OC(=O)CCO[C@@H]1[C@H](OCCC(=O)OC(C)(C)C)C=C(C(=O)NCCCCCCCCCCCO)C[C@H]1OCCC(=O)OC(C)(C)C. The van der Waals surface area contributed by atoms with Gasteiger partial charge in [0, 0.05) is 25.1 Å². The van der Waals surface area contributed by atoms with E-state index < -0.39 is 53.0 Å². The normalized spacial score (nSPS) is 18.2. The first-order valence-electron chi connectivity index (χ1n) is 18.9. The lowest BCUT2D eigenvalue weighted by atomic mass is 9.91. The molecule has 3 atom stereocenters. The second-order valence-corrected chi connectivity index (χ2v) is 16.1. The molecule has 0 saturated heterocycles. The lowest BCUT2D eigenvalue weighted by Gasteiger charge is -2.36. The Hall–Kier alpha value is -2.54. The van der Waals surface area contributed by atoms with Crippen molar-refractivity contribution in [3.05, 3.63) is 11.6 Å². The van der Waals surface area contributed by atoms with Crippen LogP contribution in [0.1, 0.15) is 146 Å². The quantitative estimate of drug-likeness (QED) is 0.0655. The zero-order valence-corrected chi connectivity index (χ0v) is 33.1. The molecule has 12 nitrogen and oxygen atoms in total. The Morgan fingerprint density at radius 2 is 1.04 bits per heavy atom. The average molecular weight is 728 g/mol. The first kappa shape index (κ1) is 46.5. The maximum absolute atomic E-state index is 13.4. The molecule has 0 aromatic carbocycles. The lowest BCUT2D eigenvalue weighted by Crippen LogP contribution is -2.47. The van der Waals surface area contributed by atoms with E-state index in [1.54, 1.807) is 68.4 Å². The number of ether oxygens (including phenoxy) is 6. The van der Waals surface area contributed by atoms with Gasteiger partial charge in [0.25, 0.3) is 0 Å². The maximum atomic E-state index is 13.4. The molecule has 1 rings (SSSR count). The van der Waals surface area contributed by atoms with Crippen molar-refractivity contribution in [2.45, 2.75) is 181 Å². The minimum absolute atomic E-state index is 0.00294. The van der Waals surface area contributed by atoms with Crippen molar-refractivity contribution in [1.82, 2.24) is 5.32 Å². The van der Waals surface area contributed by atoms with Crippen molar-refractivity contribution >= 4 is 23.8 Å². The predicted octanol–water partition coefficient (Wildman–Crippen LogP) is 6.29. The first-order valence-corrected chi connectivity index (χ1v) is 18.9. The second kappa shape index (κ2) is 23.9. The number of nitrogens with one attached hydrogen (secondary N) is 1. The number of carbonyl (C=O) groups excluding carboxylic acids is 4. The van der Waals surface area contributed by atoms with Crippen LogP contribution < -0.4 is 5.32 Å². The fourth-order valence-corrected chi connectivity index (χ4v) is 5.39. The molecule has 0 unspecified atom stereocenters. The van der Waals surface area contributed by atoms with Crippen molar-refractivity contribution in [1.29, 1.82) is 0 Å². The largest absolute Gasteiger partial charge is 0.460 e. The number of aliphatic hydroxyl groups excluding tert-OH is 1. The lowest BCUT2D eigenvalue weighted by molar-refractivity contribution is -0.166. The van der Waals surface area contributed by atoms with Gasteiger partial charge in [-0.3, -0.25) is 19.2 Å². The second-order valence-electron chi connectivity index (χ2n) is 16.1. The van der Waals surface area contributed by atoms with E-state index in [-0.39, 0.29) is 58.0 Å². The molecule has 0 aromatic heterocycles. The van der Waals surface area contributed by atoms with Gasteiger partial charge >= 0.3 is 17.9 Å². The summed E-state index contributed by atoms with van der Waals surface area (Å²) in [6.45, 7) is 16.9. The van der Waals surface area contributed by atoms with Crippen molar-refractivity contribution in [2.24, 2.45) is 0 Å². The minimum Gasteiger partial charge on any atom is -0.460 e. The Labute approximate surface area is 307 Å². The number of hydrogen-bond acceptors (Lipinski definition) is 11. The highest BCUT2D eigenvalue weighted by Crippen LogP contribution is 2.28. The van der Waals surface area contributed by atoms with Gasteiger partial charge in [-0.25, -0.2) is 0 Å². The summed E-state index contributed by atoms with van der Waals surface area (Å²) in [5.41, 5.74) is -1.48. The van der Waals surface area contributed by atoms with Gasteiger partial charge in [-0.1, -0.05) is 44.9 Å². The molecular weight excluding hydrogens is 658 g/mol. The van der Waals surface area contributed by atoms with Crippen LogP contribution in [0.5, 0.6) is 0 Å².